The van der Waals surface area contributed by atoms with Gasteiger partial charge in [-0.25, -0.2) is 9.07 Å². The van der Waals surface area contributed by atoms with Crippen LogP contribution in [-0.2, 0) is 6.54 Å². The fourth-order valence-corrected chi connectivity index (χ4v) is 2.88. The van der Waals surface area contributed by atoms with Crippen LogP contribution < -0.4 is 10.1 Å². The molecule has 3 aromatic rings. The van der Waals surface area contributed by atoms with Gasteiger partial charge in [0.15, 0.2) is 0 Å². The third kappa shape index (κ3) is 3.88. The van der Waals surface area contributed by atoms with Gasteiger partial charge in [0.2, 0.25) is 0 Å². The number of hydrogen-bond donors (Lipinski definition) is 1. The van der Waals surface area contributed by atoms with E-state index in [4.69, 9.17) is 4.74 Å². The van der Waals surface area contributed by atoms with Crippen LogP contribution in [0.2, 0.25) is 0 Å². The predicted octanol–water partition coefficient (Wildman–Crippen LogP) is 4.18. The van der Waals surface area contributed by atoms with Gasteiger partial charge in [0.1, 0.15) is 11.6 Å². The van der Waals surface area contributed by atoms with E-state index in [0.29, 0.717) is 0 Å². The zero-order valence-corrected chi connectivity index (χ0v) is 14.7. The largest absolute Gasteiger partial charge is 0.497 e. The average Bonchev–Trinajstić information content (AvgIpc) is 3.01. The molecular formula is C20H22FN3O. The average molecular weight is 339 g/mol. The summed E-state index contributed by atoms with van der Waals surface area (Å²) in [6.07, 6.45) is 1.84. The van der Waals surface area contributed by atoms with E-state index in [9.17, 15) is 4.39 Å². The van der Waals surface area contributed by atoms with Crippen LogP contribution in [0.5, 0.6) is 5.75 Å². The second-order valence-corrected chi connectivity index (χ2v) is 6.03. The smallest absolute Gasteiger partial charge is 0.125 e. The number of rotatable bonds is 6. The molecule has 3 rings (SSSR count). The SMILES string of the molecule is COc1cccc(CNC(C)c2cnn(-c3cccc(F)c3)c2C)c1. The van der Waals surface area contributed by atoms with Crippen LogP contribution in [0.1, 0.15) is 29.8 Å². The topological polar surface area (TPSA) is 39.1 Å². The molecule has 130 valence electrons. The highest BCUT2D eigenvalue weighted by atomic mass is 19.1. The summed E-state index contributed by atoms with van der Waals surface area (Å²) in [7, 11) is 1.67. The summed E-state index contributed by atoms with van der Waals surface area (Å²) in [6.45, 7) is 4.82. The van der Waals surface area contributed by atoms with Gasteiger partial charge in [-0.3, -0.25) is 0 Å². The van der Waals surface area contributed by atoms with Crippen LogP contribution in [0.3, 0.4) is 0 Å². The number of hydrogen-bond acceptors (Lipinski definition) is 3. The van der Waals surface area contributed by atoms with Crippen LogP contribution >= 0.6 is 0 Å². The molecule has 25 heavy (non-hydrogen) atoms. The van der Waals surface area contributed by atoms with Gasteiger partial charge in [0, 0.05) is 23.8 Å². The molecule has 0 spiro atoms. The number of ether oxygens (including phenoxy) is 1. The summed E-state index contributed by atoms with van der Waals surface area (Å²) in [4.78, 5) is 0. The molecule has 0 saturated carbocycles. The van der Waals surface area contributed by atoms with Crippen molar-refractivity contribution in [3.8, 4) is 11.4 Å². The molecule has 1 aromatic heterocycles. The minimum Gasteiger partial charge on any atom is -0.497 e. The van der Waals surface area contributed by atoms with Crippen molar-refractivity contribution in [1.82, 2.24) is 15.1 Å². The second-order valence-electron chi connectivity index (χ2n) is 6.03. The van der Waals surface area contributed by atoms with Crippen molar-refractivity contribution in [2.24, 2.45) is 0 Å². The quantitative estimate of drug-likeness (QED) is 0.732. The summed E-state index contributed by atoms with van der Waals surface area (Å²) in [6, 6.07) is 14.6. The summed E-state index contributed by atoms with van der Waals surface area (Å²) >= 11 is 0. The van der Waals surface area contributed by atoms with Gasteiger partial charge in [-0.15, -0.1) is 0 Å². The molecule has 5 heteroatoms. The minimum absolute atomic E-state index is 0.119. The molecule has 0 fully saturated rings. The van der Waals surface area contributed by atoms with Gasteiger partial charge < -0.3 is 10.1 Å². The van der Waals surface area contributed by atoms with Crippen LogP contribution in [0.15, 0.2) is 54.7 Å². The monoisotopic (exact) mass is 339 g/mol. The van der Waals surface area contributed by atoms with E-state index in [1.54, 1.807) is 17.9 Å². The maximum atomic E-state index is 13.5. The first-order chi connectivity index (χ1) is 12.1. The van der Waals surface area contributed by atoms with E-state index < -0.39 is 0 Å². The molecule has 1 unspecified atom stereocenters. The molecule has 1 heterocycles. The molecule has 1 N–H and O–H groups in total. The van der Waals surface area contributed by atoms with Crippen molar-refractivity contribution >= 4 is 0 Å². The van der Waals surface area contributed by atoms with E-state index >= 15 is 0 Å². The van der Waals surface area contributed by atoms with Gasteiger partial charge in [-0.2, -0.15) is 5.10 Å². The standard InChI is InChI=1S/C20H22FN3O/c1-14(22-12-16-6-4-9-19(10-16)25-3)20-13-23-24(15(20)2)18-8-5-7-17(21)11-18/h4-11,13-14,22H,12H2,1-3H3. The third-order valence-electron chi connectivity index (χ3n) is 4.31. The summed E-state index contributed by atoms with van der Waals surface area (Å²) in [5.41, 5.74) is 3.97. The Morgan fingerprint density at radius 2 is 2.00 bits per heavy atom. The number of nitrogens with zero attached hydrogens (tertiary/aromatic N) is 2. The molecule has 4 nitrogen and oxygen atoms in total. The second kappa shape index (κ2) is 7.49. The van der Waals surface area contributed by atoms with Crippen LogP contribution in [0.25, 0.3) is 5.69 Å². The number of aromatic nitrogens is 2. The lowest BCUT2D eigenvalue weighted by Crippen LogP contribution is -2.18. The van der Waals surface area contributed by atoms with E-state index in [-0.39, 0.29) is 11.9 Å². The lowest BCUT2D eigenvalue weighted by molar-refractivity contribution is 0.414. The van der Waals surface area contributed by atoms with Gasteiger partial charge >= 0.3 is 0 Å². The predicted molar refractivity (Wildman–Crippen MR) is 96.5 cm³/mol. The molecule has 0 aliphatic rings. The Hall–Kier alpha value is -2.66. The molecule has 0 amide bonds. The number of nitrogens with one attached hydrogen (secondary N) is 1. The highest BCUT2D eigenvalue weighted by Gasteiger charge is 2.14. The Bertz CT molecular complexity index is 860. The Labute approximate surface area is 147 Å². The van der Waals surface area contributed by atoms with Crippen LogP contribution in [-0.4, -0.2) is 16.9 Å². The lowest BCUT2D eigenvalue weighted by Gasteiger charge is -2.14. The first kappa shape index (κ1) is 17.2. The van der Waals surface area contributed by atoms with Crippen molar-refractivity contribution in [2.45, 2.75) is 26.4 Å². The zero-order chi connectivity index (χ0) is 17.8. The number of halogens is 1. The normalized spacial score (nSPS) is 12.2. The Morgan fingerprint density at radius 3 is 2.76 bits per heavy atom. The molecule has 0 radical (unpaired) electrons. The Kier molecular flexibility index (Phi) is 5.14. The molecular weight excluding hydrogens is 317 g/mol. The molecule has 0 bridgehead atoms. The summed E-state index contributed by atoms with van der Waals surface area (Å²) < 4.78 is 20.5. The Balaban J connectivity index is 1.73. The van der Waals surface area contributed by atoms with Gasteiger partial charge in [0.05, 0.1) is 19.0 Å². The van der Waals surface area contributed by atoms with Crippen molar-refractivity contribution < 1.29 is 9.13 Å². The maximum absolute atomic E-state index is 13.5. The van der Waals surface area contributed by atoms with E-state index in [0.717, 1.165) is 34.8 Å². The molecule has 1 atom stereocenters. The lowest BCUT2D eigenvalue weighted by atomic mass is 10.1. The highest BCUT2D eigenvalue weighted by Crippen LogP contribution is 2.21. The van der Waals surface area contributed by atoms with Crippen molar-refractivity contribution in [2.75, 3.05) is 7.11 Å². The third-order valence-corrected chi connectivity index (χ3v) is 4.31. The summed E-state index contributed by atoms with van der Waals surface area (Å²) in [5, 5.41) is 7.92. The van der Waals surface area contributed by atoms with Gasteiger partial charge in [-0.05, 0) is 49.7 Å². The maximum Gasteiger partial charge on any atom is 0.125 e. The minimum atomic E-state index is -0.266. The fourth-order valence-electron chi connectivity index (χ4n) is 2.88. The van der Waals surface area contributed by atoms with Gasteiger partial charge in [0.25, 0.3) is 0 Å². The van der Waals surface area contributed by atoms with E-state index in [1.807, 2.05) is 37.4 Å². The molecule has 0 saturated heterocycles. The first-order valence-corrected chi connectivity index (χ1v) is 8.25. The van der Waals surface area contributed by atoms with Crippen LogP contribution in [0.4, 0.5) is 4.39 Å². The zero-order valence-electron chi connectivity index (χ0n) is 14.7. The summed E-state index contributed by atoms with van der Waals surface area (Å²) in [5.74, 6) is 0.584. The number of benzene rings is 2. The van der Waals surface area contributed by atoms with Gasteiger partial charge in [-0.1, -0.05) is 18.2 Å². The molecule has 0 aliphatic heterocycles. The van der Waals surface area contributed by atoms with Crippen molar-refractivity contribution in [3.05, 3.63) is 77.4 Å². The fraction of sp³-hybridized carbons (Fsp3) is 0.250. The van der Waals surface area contributed by atoms with Crippen LogP contribution in [0, 0.1) is 12.7 Å². The van der Waals surface area contributed by atoms with E-state index in [2.05, 4.69) is 23.4 Å². The number of methoxy groups -OCH3 is 1. The molecule has 0 aliphatic carbocycles. The van der Waals surface area contributed by atoms with E-state index in [1.165, 1.54) is 12.1 Å². The molecule has 2 aromatic carbocycles. The first-order valence-electron chi connectivity index (χ1n) is 8.25. The van der Waals surface area contributed by atoms with Crippen molar-refractivity contribution in [1.29, 1.82) is 0 Å². The Morgan fingerprint density at radius 1 is 1.20 bits per heavy atom. The van der Waals surface area contributed by atoms with Crippen molar-refractivity contribution in [3.63, 3.8) is 0 Å². The highest BCUT2D eigenvalue weighted by molar-refractivity contribution is 5.36.